The lowest BCUT2D eigenvalue weighted by Crippen LogP contribution is -2.44. The molecule has 0 bridgehead atoms. The Hall–Kier alpha value is -2.70. The van der Waals surface area contributed by atoms with Crippen LogP contribution in [-0.4, -0.2) is 26.7 Å². The van der Waals surface area contributed by atoms with Gasteiger partial charge in [-0.2, -0.15) is 0 Å². The lowest BCUT2D eigenvalue weighted by atomic mass is 10.0. The average molecular weight is 357 g/mol. The van der Waals surface area contributed by atoms with Crippen molar-refractivity contribution < 1.29 is 14.4 Å². The number of piperidine rings is 1. The zero-order valence-electron chi connectivity index (χ0n) is 15.1. The molecule has 0 aliphatic carbocycles. The topological polar surface area (TPSA) is 90.2 Å². The van der Waals surface area contributed by atoms with Crippen LogP contribution in [0.1, 0.15) is 50.6 Å². The van der Waals surface area contributed by atoms with E-state index < -0.39 is 11.9 Å². The van der Waals surface area contributed by atoms with Crippen molar-refractivity contribution in [1.29, 1.82) is 0 Å². The molecule has 0 spiro atoms. The SMILES string of the molecule is CCCC(=O)CCc1ccc2c(c1)n(C)c(=O)n2C1CCC(=O)NC1=O. The van der Waals surface area contributed by atoms with Crippen LogP contribution < -0.4 is 11.0 Å². The number of nitrogens with zero attached hydrogens (tertiary/aromatic N) is 2. The van der Waals surface area contributed by atoms with Crippen LogP contribution in [0.25, 0.3) is 11.0 Å². The Balaban J connectivity index is 1.93. The molecule has 1 aliphatic rings. The Morgan fingerprint density at radius 3 is 2.65 bits per heavy atom. The number of hydrogen-bond acceptors (Lipinski definition) is 4. The first-order chi connectivity index (χ1) is 12.4. The Bertz CT molecular complexity index is 938. The van der Waals surface area contributed by atoms with E-state index in [1.54, 1.807) is 7.05 Å². The first kappa shape index (κ1) is 18.1. The fraction of sp³-hybridized carbons (Fsp3) is 0.474. The van der Waals surface area contributed by atoms with E-state index in [9.17, 15) is 19.2 Å². The summed E-state index contributed by atoms with van der Waals surface area (Å²) in [6.45, 7) is 1.98. The van der Waals surface area contributed by atoms with Gasteiger partial charge >= 0.3 is 5.69 Å². The molecule has 0 radical (unpaired) electrons. The maximum Gasteiger partial charge on any atom is 0.329 e. The summed E-state index contributed by atoms with van der Waals surface area (Å²) < 4.78 is 2.97. The summed E-state index contributed by atoms with van der Waals surface area (Å²) in [6.07, 6.45) is 3.09. The van der Waals surface area contributed by atoms with E-state index in [1.165, 1.54) is 9.13 Å². The number of carbonyl (C=O) groups is 3. The quantitative estimate of drug-likeness (QED) is 0.796. The summed E-state index contributed by atoms with van der Waals surface area (Å²) in [4.78, 5) is 48.0. The second kappa shape index (κ2) is 7.27. The van der Waals surface area contributed by atoms with E-state index in [1.807, 2.05) is 25.1 Å². The minimum atomic E-state index is -0.680. The summed E-state index contributed by atoms with van der Waals surface area (Å²) in [5.74, 6) is -0.508. The molecule has 7 heteroatoms. The monoisotopic (exact) mass is 357 g/mol. The molecule has 0 saturated carbocycles. The van der Waals surface area contributed by atoms with E-state index in [4.69, 9.17) is 0 Å². The van der Waals surface area contributed by atoms with Crippen LogP contribution in [-0.2, 0) is 27.9 Å². The molecule has 1 N–H and O–H groups in total. The summed E-state index contributed by atoms with van der Waals surface area (Å²) >= 11 is 0. The summed E-state index contributed by atoms with van der Waals surface area (Å²) in [5, 5.41) is 2.30. The number of benzene rings is 1. The number of aromatic nitrogens is 2. The first-order valence-electron chi connectivity index (χ1n) is 8.97. The van der Waals surface area contributed by atoms with Crippen molar-refractivity contribution >= 4 is 28.6 Å². The van der Waals surface area contributed by atoms with E-state index in [0.717, 1.165) is 17.5 Å². The number of imide groups is 1. The molecule has 1 saturated heterocycles. The molecule has 3 rings (SSSR count). The predicted molar refractivity (Wildman–Crippen MR) is 96.8 cm³/mol. The number of imidazole rings is 1. The molecule has 1 aliphatic heterocycles. The number of fused-ring (bicyclic) bond motifs is 1. The Morgan fingerprint density at radius 1 is 1.19 bits per heavy atom. The molecule has 138 valence electrons. The van der Waals surface area contributed by atoms with E-state index in [-0.39, 0.29) is 23.8 Å². The number of amides is 2. The van der Waals surface area contributed by atoms with Gasteiger partial charge in [0.2, 0.25) is 11.8 Å². The van der Waals surface area contributed by atoms with Crippen LogP contribution >= 0.6 is 0 Å². The van der Waals surface area contributed by atoms with Gasteiger partial charge in [0, 0.05) is 26.3 Å². The highest BCUT2D eigenvalue weighted by Gasteiger charge is 2.31. The molecule has 1 fully saturated rings. The number of Topliss-reactive ketones (excluding diaryl/α,β-unsaturated/α-hetero) is 1. The van der Waals surface area contributed by atoms with E-state index in [2.05, 4.69) is 5.32 Å². The first-order valence-corrected chi connectivity index (χ1v) is 8.97. The fourth-order valence-electron chi connectivity index (χ4n) is 3.48. The molecule has 1 aromatic carbocycles. The maximum absolute atomic E-state index is 12.7. The van der Waals surface area contributed by atoms with E-state index in [0.29, 0.717) is 31.2 Å². The van der Waals surface area contributed by atoms with Gasteiger partial charge in [-0.1, -0.05) is 13.0 Å². The molecule has 2 amide bonds. The maximum atomic E-state index is 12.7. The molecule has 2 aromatic rings. The van der Waals surface area contributed by atoms with Gasteiger partial charge in [-0.3, -0.25) is 28.8 Å². The zero-order chi connectivity index (χ0) is 18.8. The van der Waals surface area contributed by atoms with Crippen LogP contribution in [0.2, 0.25) is 0 Å². The standard InChI is InChI=1S/C19H23N3O4/c1-3-4-13(23)7-5-12-6-8-14-16(11-12)21(2)19(26)22(14)15-9-10-17(24)20-18(15)25/h6,8,11,15H,3-5,7,9-10H2,1-2H3,(H,20,24,25). The molecule has 1 unspecified atom stereocenters. The van der Waals surface area contributed by atoms with Crippen LogP contribution in [0, 0.1) is 0 Å². The Labute approximate surface area is 151 Å². The normalized spacial score (nSPS) is 17.5. The number of hydrogen-bond donors (Lipinski definition) is 1. The van der Waals surface area contributed by atoms with Crippen molar-refractivity contribution in [2.45, 2.75) is 51.5 Å². The highest BCUT2D eigenvalue weighted by molar-refractivity contribution is 6.00. The number of ketones is 1. The number of aryl methyl sites for hydroxylation is 2. The molecule has 1 aromatic heterocycles. The van der Waals surface area contributed by atoms with Gasteiger partial charge < -0.3 is 0 Å². The number of carbonyl (C=O) groups excluding carboxylic acids is 3. The third-order valence-corrected chi connectivity index (χ3v) is 4.90. The number of nitrogens with one attached hydrogen (secondary N) is 1. The fourth-order valence-corrected chi connectivity index (χ4v) is 3.48. The minimum Gasteiger partial charge on any atom is -0.300 e. The number of rotatable bonds is 6. The Kier molecular flexibility index (Phi) is 5.06. The van der Waals surface area contributed by atoms with Gasteiger partial charge in [0.15, 0.2) is 0 Å². The second-order valence-corrected chi connectivity index (χ2v) is 6.79. The van der Waals surface area contributed by atoms with Gasteiger partial charge in [-0.05, 0) is 37.0 Å². The van der Waals surface area contributed by atoms with Crippen molar-refractivity contribution in [2.24, 2.45) is 7.05 Å². The lowest BCUT2D eigenvalue weighted by molar-refractivity contribution is -0.135. The zero-order valence-corrected chi connectivity index (χ0v) is 15.1. The van der Waals surface area contributed by atoms with Gasteiger partial charge in [0.05, 0.1) is 11.0 Å². The molecule has 7 nitrogen and oxygen atoms in total. The van der Waals surface area contributed by atoms with Crippen LogP contribution in [0.3, 0.4) is 0 Å². The predicted octanol–water partition coefficient (Wildman–Crippen LogP) is 1.62. The molecule has 26 heavy (non-hydrogen) atoms. The smallest absolute Gasteiger partial charge is 0.300 e. The van der Waals surface area contributed by atoms with Gasteiger partial charge in [-0.25, -0.2) is 4.79 Å². The highest BCUT2D eigenvalue weighted by Crippen LogP contribution is 2.24. The summed E-state index contributed by atoms with van der Waals surface area (Å²) in [5.41, 5.74) is 2.09. The lowest BCUT2D eigenvalue weighted by Gasteiger charge is -2.21. The van der Waals surface area contributed by atoms with Crippen molar-refractivity contribution in [3.05, 3.63) is 34.2 Å². The highest BCUT2D eigenvalue weighted by atomic mass is 16.2. The third-order valence-electron chi connectivity index (χ3n) is 4.90. The van der Waals surface area contributed by atoms with Gasteiger partial charge in [0.1, 0.15) is 11.8 Å². The molecular formula is C19H23N3O4. The van der Waals surface area contributed by atoms with Crippen molar-refractivity contribution in [3.63, 3.8) is 0 Å². The van der Waals surface area contributed by atoms with Crippen LogP contribution in [0.15, 0.2) is 23.0 Å². The summed E-state index contributed by atoms with van der Waals surface area (Å²) in [7, 11) is 1.67. The molecule has 1 atom stereocenters. The van der Waals surface area contributed by atoms with Gasteiger partial charge in [0.25, 0.3) is 0 Å². The van der Waals surface area contributed by atoms with Crippen LogP contribution in [0.4, 0.5) is 0 Å². The van der Waals surface area contributed by atoms with Crippen LogP contribution in [0.5, 0.6) is 0 Å². The van der Waals surface area contributed by atoms with Crippen molar-refractivity contribution in [3.8, 4) is 0 Å². The molecular weight excluding hydrogens is 334 g/mol. The second-order valence-electron chi connectivity index (χ2n) is 6.79. The largest absolute Gasteiger partial charge is 0.329 e. The van der Waals surface area contributed by atoms with Crippen molar-refractivity contribution in [2.75, 3.05) is 0 Å². The Morgan fingerprint density at radius 2 is 1.96 bits per heavy atom. The summed E-state index contributed by atoms with van der Waals surface area (Å²) in [6, 6.07) is 4.93. The van der Waals surface area contributed by atoms with Crippen molar-refractivity contribution in [1.82, 2.24) is 14.5 Å². The van der Waals surface area contributed by atoms with E-state index >= 15 is 0 Å². The minimum absolute atomic E-state index is 0.219. The average Bonchev–Trinajstić information content (AvgIpc) is 2.85. The third kappa shape index (κ3) is 3.34. The van der Waals surface area contributed by atoms with Gasteiger partial charge in [-0.15, -0.1) is 0 Å². The molecule has 2 heterocycles.